The number of unbranched alkanes of at least 4 members (excludes halogenated alkanes) is 2. The van der Waals surface area contributed by atoms with Gasteiger partial charge in [0, 0.05) is 5.39 Å². The topological polar surface area (TPSA) is 76.0 Å². The molecule has 1 N–H and O–H groups in total. The summed E-state index contributed by atoms with van der Waals surface area (Å²) >= 11 is 0. The quantitative estimate of drug-likeness (QED) is 0.732. The number of hydrogen-bond donors (Lipinski definition) is 1. The number of furan rings is 1. The third kappa shape index (κ3) is 2.10. The lowest BCUT2D eigenvalue weighted by Crippen LogP contribution is -2.07. The summed E-state index contributed by atoms with van der Waals surface area (Å²) in [5.74, 6) is 0.120. The average Bonchev–Trinajstić information content (AvgIpc) is 2.97. The Morgan fingerprint density at radius 2 is 2.05 bits per heavy atom. The van der Waals surface area contributed by atoms with Gasteiger partial charge in [-0.15, -0.1) is 0 Å². The second-order valence-electron chi connectivity index (χ2n) is 4.85. The van der Waals surface area contributed by atoms with E-state index in [1.165, 1.54) is 0 Å². The van der Waals surface area contributed by atoms with Crippen molar-refractivity contribution in [1.29, 1.82) is 0 Å². The number of benzene rings is 1. The van der Waals surface area contributed by atoms with Crippen LogP contribution in [0.1, 0.15) is 26.2 Å². The number of aromatic nitrogens is 2. The SMILES string of the molecule is CCCCCS(=O)(=O)c1[nH]nc2c1oc1ccccc12. The van der Waals surface area contributed by atoms with E-state index >= 15 is 0 Å². The molecule has 2 aromatic heterocycles. The van der Waals surface area contributed by atoms with E-state index in [4.69, 9.17) is 4.42 Å². The van der Waals surface area contributed by atoms with Crippen LogP contribution in [0.15, 0.2) is 33.7 Å². The number of nitrogens with one attached hydrogen (secondary N) is 1. The molecular weight excluding hydrogens is 276 g/mol. The van der Waals surface area contributed by atoms with Gasteiger partial charge in [-0.05, 0) is 18.6 Å². The third-order valence-electron chi connectivity index (χ3n) is 3.37. The molecule has 20 heavy (non-hydrogen) atoms. The van der Waals surface area contributed by atoms with Crippen LogP contribution in [0.3, 0.4) is 0 Å². The smallest absolute Gasteiger partial charge is 0.198 e. The van der Waals surface area contributed by atoms with E-state index in [0.29, 0.717) is 23.1 Å². The fraction of sp³-hybridized carbons (Fsp3) is 0.357. The van der Waals surface area contributed by atoms with Crippen molar-refractivity contribution in [1.82, 2.24) is 10.2 Å². The summed E-state index contributed by atoms with van der Waals surface area (Å²) in [6.45, 7) is 2.04. The van der Waals surface area contributed by atoms with Gasteiger partial charge < -0.3 is 4.42 Å². The molecule has 3 aromatic rings. The Balaban J connectivity index is 2.08. The van der Waals surface area contributed by atoms with Crippen LogP contribution in [0.2, 0.25) is 0 Å². The van der Waals surface area contributed by atoms with Crippen molar-refractivity contribution in [2.75, 3.05) is 5.75 Å². The lowest BCUT2D eigenvalue weighted by atomic mass is 10.2. The van der Waals surface area contributed by atoms with Crippen LogP contribution in [0.5, 0.6) is 0 Å². The van der Waals surface area contributed by atoms with Gasteiger partial charge in [0.15, 0.2) is 20.4 Å². The molecule has 0 unspecified atom stereocenters. The number of hydrogen-bond acceptors (Lipinski definition) is 4. The molecule has 0 aliphatic rings. The first-order valence-electron chi connectivity index (χ1n) is 6.72. The first-order chi connectivity index (χ1) is 9.63. The standard InChI is InChI=1S/C14H16N2O3S/c1-2-3-6-9-20(17,18)14-13-12(15-16-14)10-7-4-5-8-11(10)19-13/h4-5,7-8H,2-3,6,9H2,1H3,(H,15,16). The van der Waals surface area contributed by atoms with Crippen molar-refractivity contribution in [3.8, 4) is 0 Å². The lowest BCUT2D eigenvalue weighted by molar-refractivity contribution is 0.582. The molecule has 0 saturated heterocycles. The largest absolute Gasteiger partial charge is 0.451 e. The molecule has 0 radical (unpaired) electrons. The molecule has 0 aliphatic heterocycles. The van der Waals surface area contributed by atoms with Crippen LogP contribution in [-0.4, -0.2) is 24.4 Å². The molecule has 5 nitrogen and oxygen atoms in total. The van der Waals surface area contributed by atoms with Crippen LogP contribution < -0.4 is 0 Å². The van der Waals surface area contributed by atoms with Crippen molar-refractivity contribution in [3.05, 3.63) is 24.3 Å². The predicted molar refractivity (Wildman–Crippen MR) is 77.4 cm³/mol. The van der Waals surface area contributed by atoms with Crippen LogP contribution in [0.25, 0.3) is 22.1 Å². The average molecular weight is 292 g/mol. The van der Waals surface area contributed by atoms with Crippen molar-refractivity contribution in [2.24, 2.45) is 0 Å². The lowest BCUT2D eigenvalue weighted by Gasteiger charge is -2.00. The molecule has 3 rings (SSSR count). The Kier molecular flexibility index (Phi) is 3.25. The number of nitrogens with zero attached hydrogens (tertiary/aromatic N) is 1. The molecule has 0 atom stereocenters. The number of sulfone groups is 1. The summed E-state index contributed by atoms with van der Waals surface area (Å²) in [6.07, 6.45) is 2.54. The van der Waals surface area contributed by atoms with Crippen molar-refractivity contribution in [2.45, 2.75) is 31.2 Å². The number of rotatable bonds is 5. The molecule has 0 amide bonds. The summed E-state index contributed by atoms with van der Waals surface area (Å²) in [5, 5.41) is 7.65. The summed E-state index contributed by atoms with van der Waals surface area (Å²) in [7, 11) is -3.38. The highest BCUT2D eigenvalue weighted by Gasteiger charge is 2.24. The van der Waals surface area contributed by atoms with Gasteiger partial charge in [0.2, 0.25) is 0 Å². The predicted octanol–water partition coefficient (Wildman–Crippen LogP) is 3.27. The Bertz CT molecular complexity index is 846. The minimum Gasteiger partial charge on any atom is -0.451 e. The van der Waals surface area contributed by atoms with Crippen molar-refractivity contribution < 1.29 is 12.8 Å². The van der Waals surface area contributed by atoms with Crippen LogP contribution in [-0.2, 0) is 9.84 Å². The van der Waals surface area contributed by atoms with Crippen molar-refractivity contribution in [3.63, 3.8) is 0 Å². The highest BCUT2D eigenvalue weighted by atomic mass is 32.2. The molecule has 0 spiro atoms. The maximum absolute atomic E-state index is 12.3. The van der Waals surface area contributed by atoms with Gasteiger partial charge in [0.1, 0.15) is 11.1 Å². The van der Waals surface area contributed by atoms with Crippen LogP contribution >= 0.6 is 0 Å². The van der Waals surface area contributed by atoms with Gasteiger partial charge in [-0.3, -0.25) is 5.10 Å². The van der Waals surface area contributed by atoms with Crippen molar-refractivity contribution >= 4 is 31.9 Å². The minimum absolute atomic E-state index is 0.0970. The Morgan fingerprint density at radius 3 is 2.85 bits per heavy atom. The van der Waals surface area contributed by atoms with E-state index in [-0.39, 0.29) is 10.8 Å². The van der Waals surface area contributed by atoms with E-state index in [2.05, 4.69) is 10.2 Å². The second-order valence-corrected chi connectivity index (χ2v) is 6.90. The maximum atomic E-state index is 12.3. The van der Waals surface area contributed by atoms with Gasteiger partial charge in [-0.25, -0.2) is 8.42 Å². The molecule has 0 aliphatic carbocycles. The third-order valence-corrected chi connectivity index (χ3v) is 5.10. The van der Waals surface area contributed by atoms with E-state index < -0.39 is 9.84 Å². The molecule has 1 aromatic carbocycles. The van der Waals surface area contributed by atoms with E-state index in [0.717, 1.165) is 18.2 Å². The molecule has 2 heterocycles. The molecule has 6 heteroatoms. The highest BCUT2D eigenvalue weighted by Crippen LogP contribution is 2.31. The zero-order valence-corrected chi connectivity index (χ0v) is 12.0. The van der Waals surface area contributed by atoms with Crippen LogP contribution in [0, 0.1) is 0 Å². The van der Waals surface area contributed by atoms with E-state index in [1.807, 2.05) is 31.2 Å². The van der Waals surface area contributed by atoms with Gasteiger partial charge in [0.25, 0.3) is 0 Å². The molecule has 0 fully saturated rings. The zero-order chi connectivity index (χ0) is 14.2. The van der Waals surface area contributed by atoms with Gasteiger partial charge in [0.05, 0.1) is 5.75 Å². The van der Waals surface area contributed by atoms with Gasteiger partial charge >= 0.3 is 0 Å². The molecular formula is C14H16N2O3S. The minimum atomic E-state index is -3.38. The maximum Gasteiger partial charge on any atom is 0.198 e. The number of H-pyrrole nitrogens is 1. The fourth-order valence-corrected chi connectivity index (χ4v) is 3.70. The molecule has 0 saturated carbocycles. The summed E-state index contributed by atoms with van der Waals surface area (Å²) in [4.78, 5) is 0. The summed E-state index contributed by atoms with van der Waals surface area (Å²) in [5.41, 5.74) is 1.57. The number of para-hydroxylation sites is 1. The Morgan fingerprint density at radius 1 is 1.25 bits per heavy atom. The Hall–Kier alpha value is -1.82. The molecule has 0 bridgehead atoms. The normalized spacial score (nSPS) is 12.4. The number of fused-ring (bicyclic) bond motifs is 3. The second kappa shape index (κ2) is 4.94. The highest BCUT2D eigenvalue weighted by molar-refractivity contribution is 7.91. The fourth-order valence-electron chi connectivity index (χ4n) is 2.31. The van der Waals surface area contributed by atoms with Crippen LogP contribution in [0.4, 0.5) is 0 Å². The number of aromatic amines is 1. The monoisotopic (exact) mass is 292 g/mol. The first-order valence-corrected chi connectivity index (χ1v) is 8.37. The van der Waals surface area contributed by atoms with E-state index in [9.17, 15) is 8.42 Å². The first kappa shape index (κ1) is 13.2. The summed E-state index contributed by atoms with van der Waals surface area (Å²) in [6, 6.07) is 7.41. The Labute approximate surface area is 116 Å². The van der Waals surface area contributed by atoms with Gasteiger partial charge in [-0.1, -0.05) is 31.9 Å². The molecule has 106 valence electrons. The zero-order valence-electron chi connectivity index (χ0n) is 11.2. The summed E-state index contributed by atoms with van der Waals surface area (Å²) < 4.78 is 30.3. The van der Waals surface area contributed by atoms with Gasteiger partial charge in [-0.2, -0.15) is 5.10 Å². The van der Waals surface area contributed by atoms with E-state index in [1.54, 1.807) is 0 Å².